The second kappa shape index (κ2) is 7.84. The lowest BCUT2D eigenvalue weighted by Crippen LogP contribution is -2.15. The number of hydrogen-bond donors (Lipinski definition) is 1. The van der Waals surface area contributed by atoms with Gasteiger partial charge in [0.25, 0.3) is 0 Å². The first kappa shape index (κ1) is 17.6. The van der Waals surface area contributed by atoms with Gasteiger partial charge in [-0.25, -0.2) is 13.8 Å². The molecule has 138 valence electrons. The minimum Gasteiger partial charge on any atom is -0.453 e. The molecule has 1 N–H and O–H groups in total. The predicted octanol–water partition coefficient (Wildman–Crippen LogP) is 5.87. The van der Waals surface area contributed by atoms with Crippen LogP contribution in [0.1, 0.15) is 19.3 Å². The third-order valence-electron chi connectivity index (χ3n) is 4.16. The molecular weight excluding hydrogens is 368 g/mol. The molecule has 0 saturated heterocycles. The summed E-state index contributed by atoms with van der Waals surface area (Å²) in [7, 11) is 0. The maximum atomic E-state index is 13.9. The van der Waals surface area contributed by atoms with Gasteiger partial charge in [-0.15, -0.1) is 11.3 Å². The third kappa shape index (κ3) is 4.14. The molecule has 3 aromatic rings. The van der Waals surface area contributed by atoms with Crippen LogP contribution in [0.15, 0.2) is 52.8 Å². The average molecular weight is 385 g/mol. The number of benzene rings is 2. The van der Waals surface area contributed by atoms with E-state index in [-0.39, 0.29) is 5.75 Å². The summed E-state index contributed by atoms with van der Waals surface area (Å²) >= 11 is 1.47. The highest BCUT2D eigenvalue weighted by Crippen LogP contribution is 2.35. The van der Waals surface area contributed by atoms with Gasteiger partial charge >= 0.3 is 0 Å². The van der Waals surface area contributed by atoms with Crippen molar-refractivity contribution in [3.63, 3.8) is 0 Å². The van der Waals surface area contributed by atoms with Crippen LogP contribution in [-0.2, 0) is 0 Å². The molecule has 0 amide bonds. The van der Waals surface area contributed by atoms with Crippen LogP contribution in [0.5, 0.6) is 11.5 Å². The Bertz CT molecular complexity index is 987. The number of amidine groups is 1. The molecule has 0 aliphatic carbocycles. The van der Waals surface area contributed by atoms with E-state index >= 15 is 0 Å². The van der Waals surface area contributed by atoms with Gasteiger partial charge < -0.3 is 10.1 Å². The van der Waals surface area contributed by atoms with E-state index in [2.05, 4.69) is 15.3 Å². The Morgan fingerprint density at radius 1 is 1.04 bits per heavy atom. The highest BCUT2D eigenvalue weighted by Gasteiger charge is 2.14. The maximum absolute atomic E-state index is 13.9. The summed E-state index contributed by atoms with van der Waals surface area (Å²) in [6.45, 7) is 0.844. The zero-order valence-electron chi connectivity index (χ0n) is 14.4. The first-order valence-corrected chi connectivity index (χ1v) is 9.55. The Labute approximate surface area is 159 Å². The molecule has 0 spiro atoms. The molecule has 0 atom stereocenters. The summed E-state index contributed by atoms with van der Waals surface area (Å²) in [5.41, 5.74) is 1.40. The van der Waals surface area contributed by atoms with Crippen LogP contribution in [0.25, 0.3) is 11.3 Å². The summed E-state index contributed by atoms with van der Waals surface area (Å²) < 4.78 is 33.0. The standard InChI is InChI=1S/C20H17F2N3OS/c21-13-8-9-15(22)18(11-13)26-17-6-2-1-5-14(17)16-12-27-20(24-16)25-19-7-3-4-10-23-19/h1-2,5-6,8-9,11-12H,3-4,7,10H2,(H,23,24,25). The molecule has 0 unspecified atom stereocenters. The summed E-state index contributed by atoms with van der Waals surface area (Å²) in [4.78, 5) is 9.06. The van der Waals surface area contributed by atoms with Gasteiger partial charge in [0.2, 0.25) is 0 Å². The monoisotopic (exact) mass is 385 g/mol. The van der Waals surface area contributed by atoms with Gasteiger partial charge in [0.1, 0.15) is 17.4 Å². The largest absolute Gasteiger partial charge is 0.453 e. The van der Waals surface area contributed by atoms with Crippen LogP contribution in [0, 0.1) is 11.6 Å². The zero-order valence-corrected chi connectivity index (χ0v) is 15.2. The van der Waals surface area contributed by atoms with Gasteiger partial charge in [0.15, 0.2) is 16.7 Å². The SMILES string of the molecule is Fc1ccc(F)c(Oc2ccccc2-c2csc(NC3=NCCCC3)n2)c1. The smallest absolute Gasteiger partial charge is 0.188 e. The molecule has 1 aromatic heterocycles. The van der Waals surface area contributed by atoms with Crippen LogP contribution in [0.2, 0.25) is 0 Å². The van der Waals surface area contributed by atoms with Crippen LogP contribution >= 0.6 is 11.3 Å². The van der Waals surface area contributed by atoms with Crippen LogP contribution < -0.4 is 10.1 Å². The second-order valence-corrected chi connectivity index (χ2v) is 6.98. The number of nitrogens with zero attached hydrogens (tertiary/aromatic N) is 2. The Morgan fingerprint density at radius 2 is 1.93 bits per heavy atom. The van der Waals surface area contributed by atoms with Crippen LogP contribution in [0.3, 0.4) is 0 Å². The number of aromatic nitrogens is 1. The summed E-state index contributed by atoms with van der Waals surface area (Å²) in [6.07, 6.45) is 3.17. The number of hydrogen-bond acceptors (Lipinski definition) is 5. The number of thiazole rings is 1. The molecule has 0 fully saturated rings. The lowest BCUT2D eigenvalue weighted by atomic mass is 10.1. The van der Waals surface area contributed by atoms with E-state index in [4.69, 9.17) is 4.74 Å². The van der Waals surface area contributed by atoms with E-state index in [1.54, 1.807) is 12.1 Å². The molecular formula is C20H17F2N3OS. The molecule has 7 heteroatoms. The zero-order chi connectivity index (χ0) is 18.6. The van der Waals surface area contributed by atoms with E-state index in [1.165, 1.54) is 11.3 Å². The second-order valence-electron chi connectivity index (χ2n) is 6.12. The third-order valence-corrected chi connectivity index (χ3v) is 4.91. The van der Waals surface area contributed by atoms with Gasteiger partial charge in [-0.1, -0.05) is 12.1 Å². The molecule has 1 aliphatic rings. The van der Waals surface area contributed by atoms with Gasteiger partial charge in [-0.3, -0.25) is 4.99 Å². The quantitative estimate of drug-likeness (QED) is 0.610. The van der Waals surface area contributed by atoms with E-state index in [0.717, 1.165) is 55.0 Å². The van der Waals surface area contributed by atoms with Crippen molar-refractivity contribution in [3.8, 4) is 22.8 Å². The number of anilines is 1. The summed E-state index contributed by atoms with van der Waals surface area (Å²) in [5.74, 6) is 0.0226. The molecule has 4 rings (SSSR count). The van der Waals surface area contributed by atoms with Gasteiger partial charge in [0.05, 0.1) is 5.69 Å². The number of ether oxygens (including phenoxy) is 1. The van der Waals surface area contributed by atoms with Crippen molar-refractivity contribution in [2.24, 2.45) is 4.99 Å². The van der Waals surface area contributed by atoms with Crippen molar-refractivity contribution in [1.82, 2.24) is 4.98 Å². The van der Waals surface area contributed by atoms with Crippen molar-refractivity contribution in [2.45, 2.75) is 19.3 Å². The first-order valence-electron chi connectivity index (χ1n) is 8.67. The van der Waals surface area contributed by atoms with E-state index in [9.17, 15) is 8.78 Å². The lowest BCUT2D eigenvalue weighted by Gasteiger charge is -2.12. The van der Waals surface area contributed by atoms with Crippen molar-refractivity contribution in [2.75, 3.05) is 11.9 Å². The predicted molar refractivity (Wildman–Crippen MR) is 104 cm³/mol. The Balaban J connectivity index is 1.59. The molecule has 4 nitrogen and oxygen atoms in total. The van der Waals surface area contributed by atoms with Crippen LogP contribution in [0.4, 0.5) is 13.9 Å². The lowest BCUT2D eigenvalue weighted by molar-refractivity contribution is 0.438. The first-order chi connectivity index (χ1) is 13.2. The van der Waals surface area contributed by atoms with Crippen LogP contribution in [-0.4, -0.2) is 17.4 Å². The fraction of sp³-hybridized carbons (Fsp3) is 0.200. The number of aliphatic imine (C=N–C) groups is 1. The van der Waals surface area contributed by atoms with E-state index < -0.39 is 11.6 Å². The summed E-state index contributed by atoms with van der Waals surface area (Å²) in [6, 6.07) is 10.3. The summed E-state index contributed by atoms with van der Waals surface area (Å²) in [5, 5.41) is 5.91. The Kier molecular flexibility index (Phi) is 5.11. The molecule has 2 aromatic carbocycles. The van der Waals surface area contributed by atoms with E-state index in [0.29, 0.717) is 17.0 Å². The number of nitrogens with one attached hydrogen (secondary N) is 1. The molecule has 0 radical (unpaired) electrons. The molecule has 0 bridgehead atoms. The topological polar surface area (TPSA) is 46.5 Å². The molecule has 0 saturated carbocycles. The normalized spacial score (nSPS) is 13.9. The minimum absolute atomic E-state index is 0.160. The average Bonchev–Trinajstić information content (AvgIpc) is 3.14. The van der Waals surface area contributed by atoms with Crippen molar-refractivity contribution in [1.29, 1.82) is 0 Å². The Hall–Kier alpha value is -2.80. The molecule has 27 heavy (non-hydrogen) atoms. The fourth-order valence-corrected chi connectivity index (χ4v) is 3.55. The minimum atomic E-state index is -0.623. The van der Waals surface area contributed by atoms with Gasteiger partial charge in [-0.2, -0.15) is 0 Å². The number of para-hydroxylation sites is 1. The molecule has 2 heterocycles. The van der Waals surface area contributed by atoms with Crippen molar-refractivity contribution < 1.29 is 13.5 Å². The fourth-order valence-electron chi connectivity index (χ4n) is 2.82. The van der Waals surface area contributed by atoms with Crippen molar-refractivity contribution in [3.05, 3.63) is 59.5 Å². The molecule has 1 aliphatic heterocycles. The van der Waals surface area contributed by atoms with Gasteiger partial charge in [0, 0.05) is 30.0 Å². The number of rotatable bonds is 4. The highest BCUT2D eigenvalue weighted by atomic mass is 32.1. The maximum Gasteiger partial charge on any atom is 0.188 e. The number of halogens is 2. The Morgan fingerprint density at radius 3 is 2.78 bits per heavy atom. The van der Waals surface area contributed by atoms with Crippen molar-refractivity contribution >= 4 is 22.3 Å². The van der Waals surface area contributed by atoms with Gasteiger partial charge in [-0.05, 0) is 37.1 Å². The van der Waals surface area contributed by atoms with E-state index in [1.807, 2.05) is 17.5 Å². The highest BCUT2D eigenvalue weighted by molar-refractivity contribution is 7.14.